The molecule has 2 atom stereocenters. The van der Waals surface area contributed by atoms with Crippen LogP contribution >= 0.6 is 0 Å². The Hall–Kier alpha value is -2.93. The van der Waals surface area contributed by atoms with Crippen molar-refractivity contribution in [1.82, 2.24) is 5.32 Å². The number of carbonyl (C=O) groups excluding carboxylic acids is 2. The van der Waals surface area contributed by atoms with Crippen molar-refractivity contribution in [2.24, 2.45) is 5.92 Å². The lowest BCUT2D eigenvalue weighted by atomic mass is 9.97. The van der Waals surface area contributed by atoms with Crippen molar-refractivity contribution in [1.29, 1.82) is 0 Å². The van der Waals surface area contributed by atoms with Crippen LogP contribution in [0.25, 0.3) is 0 Å². The molecule has 146 valence electrons. The van der Waals surface area contributed by atoms with Gasteiger partial charge in [-0.2, -0.15) is 0 Å². The van der Waals surface area contributed by atoms with E-state index in [9.17, 15) is 14.4 Å². The summed E-state index contributed by atoms with van der Waals surface area (Å²) >= 11 is 0. The van der Waals surface area contributed by atoms with Crippen LogP contribution in [0.15, 0.2) is 48.1 Å². The number of hydrogen-bond donors (Lipinski definition) is 3. The third kappa shape index (κ3) is 7.07. The molecule has 0 spiro atoms. The van der Waals surface area contributed by atoms with Crippen LogP contribution in [-0.2, 0) is 9.59 Å². The van der Waals surface area contributed by atoms with E-state index in [-0.39, 0.29) is 11.7 Å². The first-order chi connectivity index (χ1) is 12.6. The number of aliphatic carboxylic acids is 1. The summed E-state index contributed by atoms with van der Waals surface area (Å²) in [5.74, 6) is -2.37. The minimum atomic E-state index is -1.35. The van der Waals surface area contributed by atoms with Crippen molar-refractivity contribution in [2.45, 2.75) is 19.9 Å². The van der Waals surface area contributed by atoms with Crippen molar-refractivity contribution in [2.75, 3.05) is 25.6 Å². The monoisotopic (exact) mass is 374 g/mol. The van der Waals surface area contributed by atoms with Gasteiger partial charge in [-0.05, 0) is 31.2 Å². The zero-order valence-corrected chi connectivity index (χ0v) is 16.0. The molecule has 1 amide bonds. The van der Waals surface area contributed by atoms with Gasteiger partial charge in [-0.3, -0.25) is 9.59 Å². The van der Waals surface area contributed by atoms with Crippen molar-refractivity contribution < 1.29 is 24.6 Å². The number of nitrogens with one attached hydrogen (secondary N) is 1. The van der Waals surface area contributed by atoms with Crippen LogP contribution in [0.3, 0.4) is 0 Å². The van der Waals surface area contributed by atoms with Crippen LogP contribution in [0, 0.1) is 5.92 Å². The number of carboxylic acid groups (broad SMARTS) is 1. The minimum absolute atomic E-state index is 0.0382. The summed E-state index contributed by atoms with van der Waals surface area (Å²) < 4.78 is 0. The molecular formula is C20H26N2O5. The molecule has 1 aromatic carbocycles. The van der Waals surface area contributed by atoms with E-state index >= 15 is 0 Å². The van der Waals surface area contributed by atoms with Gasteiger partial charge in [-0.25, -0.2) is 4.79 Å². The molecule has 0 aliphatic rings. The molecule has 3 N–H and O–H groups in total. The fourth-order valence-electron chi connectivity index (χ4n) is 2.32. The molecule has 0 fully saturated rings. The van der Waals surface area contributed by atoms with Gasteiger partial charge < -0.3 is 20.4 Å². The summed E-state index contributed by atoms with van der Waals surface area (Å²) in [5, 5.41) is 19.8. The number of allylic oxidation sites excluding steroid dienone is 3. The molecule has 27 heavy (non-hydrogen) atoms. The zero-order chi connectivity index (χ0) is 20.6. The number of Topliss-reactive ketones (excluding diaryl/α,β-unsaturated/α-hetero) is 1. The number of aliphatic hydroxyl groups is 1. The quantitative estimate of drug-likeness (QED) is 0.345. The van der Waals surface area contributed by atoms with Crippen LogP contribution in [0.2, 0.25) is 0 Å². The van der Waals surface area contributed by atoms with Crippen molar-refractivity contribution in [3.8, 4) is 0 Å². The van der Waals surface area contributed by atoms with Gasteiger partial charge in [0.15, 0.2) is 11.8 Å². The Morgan fingerprint density at radius 2 is 1.74 bits per heavy atom. The van der Waals surface area contributed by atoms with E-state index in [0.29, 0.717) is 11.1 Å². The van der Waals surface area contributed by atoms with E-state index in [1.807, 2.05) is 31.1 Å². The Balaban J connectivity index is 2.73. The molecule has 0 aliphatic carbocycles. The molecular weight excluding hydrogens is 348 g/mol. The van der Waals surface area contributed by atoms with Crippen LogP contribution < -0.4 is 10.2 Å². The lowest BCUT2D eigenvalue weighted by Crippen LogP contribution is -2.42. The van der Waals surface area contributed by atoms with Gasteiger partial charge in [0.1, 0.15) is 0 Å². The number of amides is 1. The summed E-state index contributed by atoms with van der Waals surface area (Å²) in [6.07, 6.45) is 4.39. The standard InChI is InChI=1S/C20H26N2O5/c1-13(5-10-18(24)21-17(12-23)20(26)27)11-14(2)19(25)15-6-8-16(9-7-15)22(3)4/h5-11,14,17,23H,12H2,1-4H3,(H,21,24)(H,26,27)/b10-5+,13-11+/t14-,17?/m1/s1. The molecule has 0 aromatic heterocycles. The van der Waals surface area contributed by atoms with E-state index < -0.39 is 24.5 Å². The molecule has 0 heterocycles. The number of hydrogen-bond acceptors (Lipinski definition) is 5. The van der Waals surface area contributed by atoms with Crippen LogP contribution in [0.5, 0.6) is 0 Å². The van der Waals surface area contributed by atoms with E-state index in [1.54, 1.807) is 32.1 Å². The van der Waals surface area contributed by atoms with E-state index in [2.05, 4.69) is 5.32 Å². The van der Waals surface area contributed by atoms with Gasteiger partial charge in [0.25, 0.3) is 0 Å². The van der Waals surface area contributed by atoms with Crippen LogP contribution in [0.1, 0.15) is 24.2 Å². The average Bonchev–Trinajstić information content (AvgIpc) is 2.63. The van der Waals surface area contributed by atoms with E-state index in [1.165, 1.54) is 12.2 Å². The van der Waals surface area contributed by atoms with Crippen molar-refractivity contribution in [3.63, 3.8) is 0 Å². The summed E-state index contributed by atoms with van der Waals surface area (Å²) in [7, 11) is 3.85. The van der Waals surface area contributed by atoms with Crippen molar-refractivity contribution in [3.05, 3.63) is 53.6 Å². The molecule has 0 bridgehead atoms. The molecule has 7 nitrogen and oxygen atoms in total. The number of anilines is 1. The van der Waals surface area contributed by atoms with Crippen LogP contribution in [0.4, 0.5) is 5.69 Å². The number of ketones is 1. The zero-order valence-electron chi connectivity index (χ0n) is 16.0. The second-order valence-corrected chi connectivity index (χ2v) is 6.42. The number of carboxylic acids is 1. The first-order valence-electron chi connectivity index (χ1n) is 8.48. The summed E-state index contributed by atoms with van der Waals surface area (Å²) in [6.45, 7) is 2.82. The van der Waals surface area contributed by atoms with E-state index in [4.69, 9.17) is 10.2 Å². The third-order valence-corrected chi connectivity index (χ3v) is 3.89. The second-order valence-electron chi connectivity index (χ2n) is 6.42. The highest BCUT2D eigenvalue weighted by Crippen LogP contribution is 2.17. The van der Waals surface area contributed by atoms with Crippen LogP contribution in [-0.4, -0.2) is 54.6 Å². The normalized spacial score (nSPS) is 13.9. The summed E-state index contributed by atoms with van der Waals surface area (Å²) in [6, 6.07) is 5.96. The number of benzene rings is 1. The van der Waals surface area contributed by atoms with Gasteiger partial charge in [-0.15, -0.1) is 0 Å². The fraction of sp³-hybridized carbons (Fsp3) is 0.350. The van der Waals surface area contributed by atoms with Gasteiger partial charge in [0, 0.05) is 37.3 Å². The molecule has 1 aromatic rings. The molecule has 0 aliphatic heterocycles. The second kappa shape index (κ2) is 10.3. The average molecular weight is 374 g/mol. The maximum atomic E-state index is 12.5. The predicted molar refractivity (Wildman–Crippen MR) is 104 cm³/mol. The first kappa shape index (κ1) is 22.1. The highest BCUT2D eigenvalue weighted by atomic mass is 16.4. The summed E-state index contributed by atoms with van der Waals surface area (Å²) in [5.41, 5.74) is 2.29. The minimum Gasteiger partial charge on any atom is -0.480 e. The smallest absolute Gasteiger partial charge is 0.328 e. The van der Waals surface area contributed by atoms with E-state index in [0.717, 1.165) is 5.69 Å². The Kier molecular flexibility index (Phi) is 8.41. The third-order valence-electron chi connectivity index (χ3n) is 3.89. The predicted octanol–water partition coefficient (Wildman–Crippen LogP) is 1.64. The van der Waals surface area contributed by atoms with Gasteiger partial charge >= 0.3 is 5.97 Å². The highest BCUT2D eigenvalue weighted by Gasteiger charge is 2.17. The van der Waals surface area contributed by atoms with Gasteiger partial charge in [0.2, 0.25) is 5.91 Å². The number of aliphatic hydroxyl groups excluding tert-OH is 1. The topological polar surface area (TPSA) is 107 Å². The highest BCUT2D eigenvalue weighted by molar-refractivity contribution is 5.99. The maximum absolute atomic E-state index is 12.5. The molecule has 0 radical (unpaired) electrons. The lowest BCUT2D eigenvalue weighted by molar-refractivity contribution is -0.142. The molecule has 7 heteroatoms. The lowest BCUT2D eigenvalue weighted by Gasteiger charge is -2.13. The maximum Gasteiger partial charge on any atom is 0.328 e. The number of rotatable bonds is 9. The fourth-order valence-corrected chi connectivity index (χ4v) is 2.32. The molecule has 1 rings (SSSR count). The Bertz CT molecular complexity index is 735. The molecule has 0 saturated carbocycles. The Morgan fingerprint density at radius 1 is 1.15 bits per heavy atom. The van der Waals surface area contributed by atoms with Crippen molar-refractivity contribution >= 4 is 23.3 Å². The van der Waals surface area contributed by atoms with Gasteiger partial charge in [0.05, 0.1) is 6.61 Å². The largest absolute Gasteiger partial charge is 0.480 e. The number of nitrogens with zero attached hydrogens (tertiary/aromatic N) is 1. The SMILES string of the molecule is CC(/C=C/C(=O)NC(CO)C(=O)O)=C\[C@@H](C)C(=O)c1ccc(N(C)C)cc1. The Morgan fingerprint density at radius 3 is 2.22 bits per heavy atom. The first-order valence-corrected chi connectivity index (χ1v) is 8.48. The number of carbonyl (C=O) groups is 3. The molecule has 0 saturated heterocycles. The Labute approximate surface area is 159 Å². The van der Waals surface area contributed by atoms with Gasteiger partial charge in [-0.1, -0.05) is 24.6 Å². The molecule has 1 unspecified atom stereocenters. The summed E-state index contributed by atoms with van der Waals surface area (Å²) in [4.78, 5) is 36.9.